The van der Waals surface area contributed by atoms with E-state index in [2.05, 4.69) is 4.98 Å². The van der Waals surface area contributed by atoms with Crippen LogP contribution in [0, 0.1) is 24.0 Å². The van der Waals surface area contributed by atoms with E-state index in [4.69, 9.17) is 10.1 Å². The van der Waals surface area contributed by atoms with Gasteiger partial charge in [0.15, 0.2) is 11.3 Å². The molecule has 0 saturated heterocycles. The van der Waals surface area contributed by atoms with Gasteiger partial charge in [-0.1, -0.05) is 0 Å². The van der Waals surface area contributed by atoms with E-state index in [0.717, 1.165) is 12.1 Å². The van der Waals surface area contributed by atoms with Gasteiger partial charge in [-0.25, -0.2) is 13.8 Å². The summed E-state index contributed by atoms with van der Waals surface area (Å²) >= 11 is 0. The van der Waals surface area contributed by atoms with E-state index in [9.17, 15) is 13.6 Å². The van der Waals surface area contributed by atoms with Crippen molar-refractivity contribution in [2.24, 2.45) is 0 Å². The number of nitrogens with one attached hydrogen (secondary N) is 1. The second kappa shape index (κ2) is 8.65. The van der Waals surface area contributed by atoms with Crippen LogP contribution < -0.4 is 5.49 Å². The fraction of sp³-hybridized carbons (Fsp3) is 0.312. The molecule has 0 unspecified atom stereocenters. The minimum absolute atomic E-state index is 0. The summed E-state index contributed by atoms with van der Waals surface area (Å²) in [5.74, 6) is -1.68. The van der Waals surface area contributed by atoms with E-state index in [-0.39, 0.29) is 36.6 Å². The lowest BCUT2D eigenvalue weighted by Crippen LogP contribution is -2.23. The molecule has 0 aliphatic heterocycles. The number of hydrogen-bond acceptors (Lipinski definition) is 4. The van der Waals surface area contributed by atoms with Gasteiger partial charge in [0.2, 0.25) is 0 Å². The van der Waals surface area contributed by atoms with Crippen LogP contribution >= 0.6 is 12.4 Å². The number of carbonyl (C=O) groups is 1. The standard InChI is InChI=1S/C16H17F2N3O2.ClH/c1-3-23-9-11-7-21(10(2)20-16(11)19)8-15(22)13-5-4-12(17)6-14(13)18;/h4-7,19H,3,8-9H2,1-2H3;1H. The fourth-order valence-corrected chi connectivity index (χ4v) is 2.07. The lowest BCUT2D eigenvalue weighted by Gasteiger charge is -2.12. The van der Waals surface area contributed by atoms with E-state index < -0.39 is 17.4 Å². The molecular formula is C16H18ClF2N3O2. The molecular weight excluding hydrogens is 340 g/mol. The molecule has 0 atom stereocenters. The average molecular weight is 358 g/mol. The summed E-state index contributed by atoms with van der Waals surface area (Å²) in [6.07, 6.45) is 1.60. The van der Waals surface area contributed by atoms with Gasteiger partial charge >= 0.3 is 0 Å². The number of ketones is 1. The number of halogens is 3. The zero-order valence-electron chi connectivity index (χ0n) is 13.3. The van der Waals surface area contributed by atoms with Crippen molar-refractivity contribution in [3.05, 3.63) is 58.5 Å². The van der Waals surface area contributed by atoms with Gasteiger partial charge in [-0.05, 0) is 26.0 Å². The van der Waals surface area contributed by atoms with Crippen LogP contribution in [0.4, 0.5) is 8.78 Å². The molecule has 130 valence electrons. The van der Waals surface area contributed by atoms with Crippen LogP contribution in [-0.2, 0) is 17.9 Å². The van der Waals surface area contributed by atoms with Gasteiger partial charge < -0.3 is 9.30 Å². The van der Waals surface area contributed by atoms with Crippen molar-refractivity contribution in [3.63, 3.8) is 0 Å². The molecule has 5 nitrogen and oxygen atoms in total. The van der Waals surface area contributed by atoms with E-state index in [1.54, 1.807) is 13.1 Å². The highest BCUT2D eigenvalue weighted by molar-refractivity contribution is 5.96. The molecule has 2 aromatic rings. The molecule has 1 aromatic heterocycles. The Morgan fingerprint density at radius 2 is 2.08 bits per heavy atom. The number of benzene rings is 1. The van der Waals surface area contributed by atoms with Gasteiger partial charge in [0, 0.05) is 24.4 Å². The zero-order chi connectivity index (χ0) is 17.0. The topological polar surface area (TPSA) is 68.0 Å². The minimum Gasteiger partial charge on any atom is -0.377 e. The highest BCUT2D eigenvalue weighted by Crippen LogP contribution is 2.12. The summed E-state index contributed by atoms with van der Waals surface area (Å²) in [5.41, 5.74) is 0.428. The maximum Gasteiger partial charge on any atom is 0.185 e. The Balaban J connectivity index is 0.00000288. The molecule has 1 heterocycles. The molecule has 0 radical (unpaired) electrons. The summed E-state index contributed by atoms with van der Waals surface area (Å²) in [5, 5.41) is 7.80. The Morgan fingerprint density at radius 3 is 2.71 bits per heavy atom. The quantitative estimate of drug-likeness (QED) is 0.808. The summed E-state index contributed by atoms with van der Waals surface area (Å²) in [7, 11) is 0. The summed E-state index contributed by atoms with van der Waals surface area (Å²) in [6, 6.07) is 2.84. The van der Waals surface area contributed by atoms with Crippen molar-refractivity contribution >= 4 is 18.2 Å². The number of ether oxygens (including phenoxy) is 1. The van der Waals surface area contributed by atoms with E-state index in [0.29, 0.717) is 24.1 Å². The van der Waals surface area contributed by atoms with Crippen molar-refractivity contribution in [2.45, 2.75) is 27.0 Å². The molecule has 1 N–H and O–H groups in total. The lowest BCUT2D eigenvalue weighted by atomic mass is 10.1. The molecule has 0 spiro atoms. The number of carbonyl (C=O) groups excluding carboxylic acids is 1. The van der Waals surface area contributed by atoms with Crippen LogP contribution in [0.3, 0.4) is 0 Å². The highest BCUT2D eigenvalue weighted by atomic mass is 35.5. The third-order valence-electron chi connectivity index (χ3n) is 3.31. The van der Waals surface area contributed by atoms with E-state index in [1.807, 2.05) is 6.92 Å². The normalized spacial score (nSPS) is 10.3. The monoisotopic (exact) mass is 357 g/mol. The van der Waals surface area contributed by atoms with Gasteiger partial charge in [-0.3, -0.25) is 10.2 Å². The van der Waals surface area contributed by atoms with Gasteiger partial charge in [0.1, 0.15) is 17.5 Å². The van der Waals surface area contributed by atoms with Gasteiger partial charge in [-0.2, -0.15) is 0 Å². The lowest BCUT2D eigenvalue weighted by molar-refractivity contribution is 0.0965. The third-order valence-corrected chi connectivity index (χ3v) is 3.31. The van der Waals surface area contributed by atoms with Gasteiger partial charge in [0.05, 0.1) is 18.7 Å². The molecule has 8 heteroatoms. The molecule has 24 heavy (non-hydrogen) atoms. The summed E-state index contributed by atoms with van der Waals surface area (Å²) in [6.45, 7) is 4.03. The molecule has 0 bridgehead atoms. The maximum atomic E-state index is 13.7. The number of rotatable bonds is 6. The first kappa shape index (κ1) is 19.9. The second-order valence-electron chi connectivity index (χ2n) is 4.97. The van der Waals surface area contributed by atoms with Crippen molar-refractivity contribution in [3.8, 4) is 0 Å². The first-order chi connectivity index (χ1) is 10.9. The van der Waals surface area contributed by atoms with Crippen LogP contribution in [0.5, 0.6) is 0 Å². The molecule has 0 fully saturated rings. The maximum absolute atomic E-state index is 13.7. The van der Waals surface area contributed by atoms with E-state index >= 15 is 0 Å². The molecule has 0 amide bonds. The van der Waals surface area contributed by atoms with Gasteiger partial charge in [-0.15, -0.1) is 12.4 Å². The number of Topliss-reactive ketones (excluding diaryl/α,β-unsaturated/α-hetero) is 1. The predicted molar refractivity (Wildman–Crippen MR) is 86.1 cm³/mol. The van der Waals surface area contributed by atoms with Crippen LogP contribution in [0.2, 0.25) is 0 Å². The van der Waals surface area contributed by atoms with Gasteiger partial charge in [0.25, 0.3) is 0 Å². The van der Waals surface area contributed by atoms with Crippen LogP contribution in [0.1, 0.15) is 28.7 Å². The molecule has 0 saturated carbocycles. The molecule has 1 aromatic carbocycles. The minimum atomic E-state index is -0.895. The molecule has 0 aliphatic carbocycles. The largest absolute Gasteiger partial charge is 0.377 e. The van der Waals surface area contributed by atoms with Crippen LogP contribution in [-0.4, -0.2) is 21.9 Å². The Morgan fingerprint density at radius 1 is 1.38 bits per heavy atom. The smallest absolute Gasteiger partial charge is 0.185 e. The van der Waals surface area contributed by atoms with E-state index in [1.165, 1.54) is 4.57 Å². The first-order valence-electron chi connectivity index (χ1n) is 7.10. The van der Waals surface area contributed by atoms with Crippen molar-refractivity contribution in [1.82, 2.24) is 9.55 Å². The number of hydrogen-bond donors (Lipinski definition) is 1. The van der Waals surface area contributed by atoms with Crippen LogP contribution in [0.25, 0.3) is 0 Å². The second-order valence-corrected chi connectivity index (χ2v) is 4.97. The number of aromatic nitrogens is 2. The third kappa shape index (κ3) is 4.69. The fourth-order valence-electron chi connectivity index (χ4n) is 2.07. The Bertz CT molecular complexity index is 793. The first-order valence-corrected chi connectivity index (χ1v) is 7.10. The SMILES string of the molecule is CCOCc1cn(CC(=O)c2ccc(F)cc2F)c(C)nc1=N.Cl. The Kier molecular flexibility index (Phi) is 7.18. The average Bonchev–Trinajstić information content (AvgIpc) is 2.48. The van der Waals surface area contributed by atoms with Crippen molar-refractivity contribution < 1.29 is 18.3 Å². The summed E-state index contributed by atoms with van der Waals surface area (Å²) < 4.78 is 33.4. The Labute approximate surface area is 144 Å². The summed E-state index contributed by atoms with van der Waals surface area (Å²) in [4.78, 5) is 16.3. The van der Waals surface area contributed by atoms with Crippen molar-refractivity contribution in [1.29, 1.82) is 5.41 Å². The highest BCUT2D eigenvalue weighted by Gasteiger charge is 2.14. The zero-order valence-corrected chi connectivity index (χ0v) is 14.1. The number of nitrogens with zero attached hydrogens (tertiary/aromatic N) is 2. The van der Waals surface area contributed by atoms with Crippen LogP contribution in [0.15, 0.2) is 24.4 Å². The molecule has 0 aliphatic rings. The predicted octanol–water partition coefficient (Wildman–Crippen LogP) is 2.79. The molecule has 2 rings (SSSR count). The number of aryl methyl sites for hydroxylation is 1. The van der Waals surface area contributed by atoms with Crippen molar-refractivity contribution in [2.75, 3.05) is 6.61 Å². The Hall–Kier alpha value is -2.12.